The summed E-state index contributed by atoms with van der Waals surface area (Å²) >= 11 is 1.53. The molecule has 1 N–H and O–H groups in total. The summed E-state index contributed by atoms with van der Waals surface area (Å²) in [7, 11) is 0. The third-order valence-corrected chi connectivity index (χ3v) is 5.99. The smallest absolute Gasteiger partial charge is 0.182 e. The maximum Gasteiger partial charge on any atom is 0.182 e. The van der Waals surface area contributed by atoms with E-state index in [9.17, 15) is 4.79 Å². The van der Waals surface area contributed by atoms with Crippen LogP contribution in [0.4, 0.5) is 5.69 Å². The van der Waals surface area contributed by atoms with Crippen LogP contribution in [0, 0.1) is 5.41 Å². The molecule has 0 saturated carbocycles. The molecule has 1 saturated heterocycles. The second kappa shape index (κ2) is 7.23. The van der Waals surface area contributed by atoms with E-state index in [0.29, 0.717) is 11.3 Å². The van der Waals surface area contributed by atoms with Gasteiger partial charge in [-0.15, -0.1) is 28.3 Å². The molecule has 0 bridgehead atoms. The summed E-state index contributed by atoms with van der Waals surface area (Å²) in [5, 5.41) is 8.10. The highest BCUT2D eigenvalue weighted by Crippen LogP contribution is 2.25. The molecule has 1 aromatic heterocycles. The van der Waals surface area contributed by atoms with Gasteiger partial charge >= 0.3 is 0 Å². The van der Waals surface area contributed by atoms with Gasteiger partial charge in [0, 0.05) is 34.9 Å². The van der Waals surface area contributed by atoms with E-state index in [1.165, 1.54) is 40.4 Å². The monoisotopic (exact) mass is 407 g/mol. The van der Waals surface area contributed by atoms with E-state index in [-0.39, 0.29) is 22.8 Å². The molecule has 1 aliphatic heterocycles. The minimum atomic E-state index is 0. The molecule has 1 aromatic carbocycles. The highest BCUT2D eigenvalue weighted by molar-refractivity contribution is 8.93. The number of hydrogen-bond donors (Lipinski definition) is 1. The number of benzene rings is 1. The molecule has 0 radical (unpaired) electrons. The maximum absolute atomic E-state index is 12.6. The van der Waals surface area contributed by atoms with Gasteiger partial charge < -0.3 is 9.47 Å². The molecule has 128 valence electrons. The van der Waals surface area contributed by atoms with Gasteiger partial charge in [-0.25, -0.2) is 0 Å². The first-order chi connectivity index (χ1) is 11.2. The number of aryl methyl sites for hydroxylation is 1. The Balaban J connectivity index is 0.00000169. The van der Waals surface area contributed by atoms with Gasteiger partial charge in [-0.3, -0.25) is 10.2 Å². The van der Waals surface area contributed by atoms with Crippen LogP contribution in [0.15, 0.2) is 24.3 Å². The summed E-state index contributed by atoms with van der Waals surface area (Å²) < 4.78 is 1.91. The molecule has 0 atom stereocenters. The Hall–Kier alpha value is -1.40. The van der Waals surface area contributed by atoms with Gasteiger partial charge in [0.05, 0.1) is 6.54 Å². The molecule has 0 unspecified atom stereocenters. The van der Waals surface area contributed by atoms with Crippen LogP contribution in [0.3, 0.4) is 0 Å². The van der Waals surface area contributed by atoms with Crippen LogP contribution in [-0.2, 0) is 19.4 Å². The van der Waals surface area contributed by atoms with Gasteiger partial charge in [0.1, 0.15) is 0 Å². The molecule has 1 fully saturated rings. The van der Waals surface area contributed by atoms with Crippen molar-refractivity contribution in [2.24, 2.45) is 0 Å². The van der Waals surface area contributed by atoms with Crippen molar-refractivity contribution in [1.82, 2.24) is 4.57 Å². The molecule has 2 aliphatic rings. The van der Waals surface area contributed by atoms with E-state index >= 15 is 0 Å². The SMILES string of the molecule is Br.N=c1sc2c(n1CC(=O)c1ccc(N3CCCC3)cc1)CCC2. The number of carbonyl (C=O) groups is 1. The van der Waals surface area contributed by atoms with Gasteiger partial charge in [-0.1, -0.05) is 0 Å². The van der Waals surface area contributed by atoms with Crippen LogP contribution in [-0.4, -0.2) is 23.4 Å². The second-order valence-corrected chi connectivity index (χ2v) is 7.46. The summed E-state index contributed by atoms with van der Waals surface area (Å²) in [5.74, 6) is 0.101. The number of aromatic nitrogens is 1. The number of rotatable bonds is 4. The Bertz CT molecular complexity index is 788. The molecule has 4 nitrogen and oxygen atoms in total. The molecular formula is C18H22BrN3OS. The molecule has 4 rings (SSSR count). The van der Waals surface area contributed by atoms with E-state index in [0.717, 1.165) is 37.9 Å². The van der Waals surface area contributed by atoms with E-state index in [4.69, 9.17) is 5.41 Å². The van der Waals surface area contributed by atoms with Crippen molar-refractivity contribution in [1.29, 1.82) is 5.41 Å². The van der Waals surface area contributed by atoms with Crippen molar-refractivity contribution in [3.63, 3.8) is 0 Å². The number of nitrogens with one attached hydrogen (secondary N) is 1. The number of thiazole rings is 1. The van der Waals surface area contributed by atoms with Crippen molar-refractivity contribution in [3.05, 3.63) is 45.2 Å². The van der Waals surface area contributed by atoms with Crippen molar-refractivity contribution in [2.75, 3.05) is 18.0 Å². The fourth-order valence-corrected chi connectivity index (χ4v) is 4.72. The lowest BCUT2D eigenvalue weighted by atomic mass is 10.1. The second-order valence-electron chi connectivity index (χ2n) is 6.38. The largest absolute Gasteiger partial charge is 0.372 e. The fourth-order valence-electron chi connectivity index (χ4n) is 3.63. The van der Waals surface area contributed by atoms with Crippen molar-refractivity contribution >= 4 is 39.8 Å². The van der Waals surface area contributed by atoms with Crippen LogP contribution in [0.5, 0.6) is 0 Å². The van der Waals surface area contributed by atoms with E-state index in [1.807, 2.05) is 16.7 Å². The number of fused-ring (bicyclic) bond motifs is 1. The average Bonchev–Trinajstić information content (AvgIpc) is 3.28. The summed E-state index contributed by atoms with van der Waals surface area (Å²) in [6.45, 7) is 2.53. The van der Waals surface area contributed by atoms with Gasteiger partial charge in [0.15, 0.2) is 10.6 Å². The fraction of sp³-hybridized carbons (Fsp3) is 0.444. The Morgan fingerprint density at radius 1 is 1.08 bits per heavy atom. The van der Waals surface area contributed by atoms with E-state index in [1.54, 1.807) is 0 Å². The first-order valence-electron chi connectivity index (χ1n) is 8.36. The number of ketones is 1. The standard InChI is InChI=1S/C18H21N3OS.BrH/c19-18-21(15-4-3-5-17(15)23-18)12-16(22)13-6-8-14(9-7-13)20-10-1-2-11-20;/h6-9,19H,1-5,10-12H2;1H. The van der Waals surface area contributed by atoms with Gasteiger partial charge in [0.2, 0.25) is 0 Å². The normalized spacial score (nSPS) is 16.1. The molecule has 0 spiro atoms. The number of anilines is 1. The predicted molar refractivity (Wildman–Crippen MR) is 103 cm³/mol. The van der Waals surface area contributed by atoms with E-state index < -0.39 is 0 Å². The molecule has 2 heterocycles. The number of Topliss-reactive ketones (excluding diaryl/α,β-unsaturated/α-hetero) is 1. The summed E-state index contributed by atoms with van der Waals surface area (Å²) in [6, 6.07) is 7.99. The summed E-state index contributed by atoms with van der Waals surface area (Å²) in [6.07, 6.45) is 5.74. The first-order valence-corrected chi connectivity index (χ1v) is 9.18. The predicted octanol–water partition coefficient (Wildman–Crippen LogP) is 3.58. The summed E-state index contributed by atoms with van der Waals surface area (Å²) in [4.78, 5) is 16.8. The lowest BCUT2D eigenvalue weighted by Gasteiger charge is -2.17. The van der Waals surface area contributed by atoms with Crippen LogP contribution in [0.2, 0.25) is 0 Å². The molecule has 24 heavy (non-hydrogen) atoms. The zero-order chi connectivity index (χ0) is 15.8. The minimum absolute atomic E-state index is 0. The number of carbonyl (C=O) groups excluding carboxylic acids is 1. The first kappa shape index (κ1) is 17.4. The zero-order valence-electron chi connectivity index (χ0n) is 13.6. The zero-order valence-corrected chi connectivity index (χ0v) is 16.1. The molecular weight excluding hydrogens is 386 g/mol. The Kier molecular flexibility index (Phi) is 5.25. The molecule has 6 heteroatoms. The molecule has 0 amide bonds. The van der Waals surface area contributed by atoms with Gasteiger partial charge in [0.25, 0.3) is 0 Å². The van der Waals surface area contributed by atoms with Crippen LogP contribution in [0.25, 0.3) is 0 Å². The third-order valence-electron chi connectivity index (χ3n) is 4.89. The highest BCUT2D eigenvalue weighted by Gasteiger charge is 2.20. The molecule has 2 aromatic rings. The topological polar surface area (TPSA) is 49.1 Å². The van der Waals surface area contributed by atoms with Crippen molar-refractivity contribution in [3.8, 4) is 0 Å². The average molecular weight is 408 g/mol. The van der Waals surface area contributed by atoms with Crippen molar-refractivity contribution in [2.45, 2.75) is 38.6 Å². The summed E-state index contributed by atoms with van der Waals surface area (Å²) in [5.41, 5.74) is 3.17. The van der Waals surface area contributed by atoms with E-state index in [2.05, 4.69) is 17.0 Å². The Morgan fingerprint density at radius 2 is 1.79 bits per heavy atom. The van der Waals surface area contributed by atoms with Crippen LogP contribution < -0.4 is 9.70 Å². The minimum Gasteiger partial charge on any atom is -0.372 e. The van der Waals surface area contributed by atoms with Crippen LogP contribution >= 0.6 is 28.3 Å². The quantitative estimate of drug-likeness (QED) is 0.787. The van der Waals surface area contributed by atoms with Gasteiger partial charge in [-0.2, -0.15) is 0 Å². The third kappa shape index (κ3) is 3.22. The lowest BCUT2D eigenvalue weighted by Crippen LogP contribution is -2.22. The van der Waals surface area contributed by atoms with Crippen LogP contribution in [0.1, 0.15) is 40.2 Å². The number of halogens is 1. The van der Waals surface area contributed by atoms with Crippen molar-refractivity contribution < 1.29 is 4.79 Å². The van der Waals surface area contributed by atoms with Gasteiger partial charge in [-0.05, 0) is 56.4 Å². The maximum atomic E-state index is 12.6. The lowest BCUT2D eigenvalue weighted by molar-refractivity contribution is 0.0970. The molecule has 1 aliphatic carbocycles. The Morgan fingerprint density at radius 3 is 2.50 bits per heavy atom. The number of hydrogen-bond acceptors (Lipinski definition) is 4. The number of nitrogens with zero attached hydrogens (tertiary/aromatic N) is 2. The highest BCUT2D eigenvalue weighted by atomic mass is 79.9. The Labute approximate surface area is 156 Å².